The van der Waals surface area contributed by atoms with E-state index in [0.29, 0.717) is 70.8 Å². The highest BCUT2D eigenvalue weighted by Crippen LogP contribution is 2.61. The molecule has 0 aromatic carbocycles. The molecule has 6 aliphatic heterocycles. The van der Waals surface area contributed by atoms with Crippen LogP contribution < -0.4 is 10.6 Å². The van der Waals surface area contributed by atoms with Crippen molar-refractivity contribution in [1.29, 1.82) is 0 Å². The molecule has 18 rings (SSSR count). The lowest BCUT2D eigenvalue weighted by Crippen LogP contribution is -2.40. The molecule has 0 aromatic heterocycles. The van der Waals surface area contributed by atoms with Gasteiger partial charge in [0, 0.05) is 76.9 Å². The van der Waals surface area contributed by atoms with E-state index >= 15 is 0 Å². The van der Waals surface area contributed by atoms with Crippen molar-refractivity contribution in [1.82, 2.24) is 10.6 Å². The van der Waals surface area contributed by atoms with Crippen LogP contribution in [-0.4, -0.2) is 259 Å². The first-order valence-electron chi connectivity index (χ1n) is 45.5. The normalized spacial score (nSPS) is 39.5. The predicted octanol–water partition coefficient (Wildman–Crippen LogP) is 5.15. The summed E-state index contributed by atoms with van der Waals surface area (Å²) in [5, 5.41) is 2.63. The second-order valence-electron chi connectivity index (χ2n) is 37.9. The number of rotatable bonds is 30. The number of carbonyl (C=O) groups is 10. The molecule has 36 unspecified atom stereocenters. The minimum Gasteiger partial charge on any atom is -0.464 e. The third kappa shape index (κ3) is 21.2. The number of fused-ring (bicyclic) bond motifs is 6. The number of carbonyl (C=O) groups excluding carboxylic acids is 10. The zero-order valence-corrected chi connectivity index (χ0v) is 80.1. The molecule has 2 N–H and O–H groups in total. The van der Waals surface area contributed by atoms with Gasteiger partial charge < -0.3 is 53.3 Å². The van der Waals surface area contributed by atoms with Crippen molar-refractivity contribution in [2.45, 2.75) is 303 Å². The Labute approximate surface area is 758 Å². The number of amides is 2. The molecule has 18 aliphatic rings. The van der Waals surface area contributed by atoms with Crippen molar-refractivity contribution in [3.05, 3.63) is 0 Å². The second kappa shape index (κ2) is 40.4. The Morgan fingerprint density at radius 3 is 0.969 bits per heavy atom. The lowest BCUT2D eigenvalue weighted by Gasteiger charge is -2.25. The van der Waals surface area contributed by atoms with E-state index in [1.54, 1.807) is 20.8 Å². The van der Waals surface area contributed by atoms with Crippen LogP contribution in [0.15, 0.2) is 0 Å². The average Bonchev–Trinajstić information content (AvgIpc) is 1.59. The Hall–Kier alpha value is -5.53. The molecule has 36 atom stereocenters. The molecule has 39 nitrogen and oxygen atoms in total. The van der Waals surface area contributed by atoms with Crippen LogP contribution in [0, 0.1) is 107 Å². The number of ether oxygens (including phenoxy) is 9. The largest absolute Gasteiger partial charge is 0.464 e. The van der Waals surface area contributed by atoms with Crippen LogP contribution in [0.4, 0.5) is 4.79 Å². The van der Waals surface area contributed by atoms with E-state index in [4.69, 9.17) is 67.7 Å². The van der Waals surface area contributed by atoms with Gasteiger partial charge in [0.15, 0.2) is 11.7 Å². The highest BCUT2D eigenvalue weighted by Gasteiger charge is 2.71. The quantitative estimate of drug-likeness (QED) is 0.0406. The third-order valence-corrected chi connectivity index (χ3v) is 42.0. The van der Waals surface area contributed by atoms with E-state index in [-0.39, 0.29) is 196 Å². The van der Waals surface area contributed by atoms with Crippen LogP contribution in [0.5, 0.6) is 0 Å². The van der Waals surface area contributed by atoms with Gasteiger partial charge in [0.25, 0.3) is 60.7 Å². The van der Waals surface area contributed by atoms with Crippen LogP contribution in [-0.2, 0) is 172 Å². The van der Waals surface area contributed by atoms with Crippen molar-refractivity contribution in [2.75, 3.05) is 45.3 Å². The van der Waals surface area contributed by atoms with Crippen LogP contribution in [0.25, 0.3) is 0 Å². The standard InChI is InChI=1S/C15H23NO7S.C14H21NO6S.C14H20O7S.C14H20O6S2.C14H22O6S.C12H18O5S/c1-3-8(2)14(17)21-5-4-16-15(18)22-12-9-6-10-11(7-9)24(19,20)23-13(10)12;1-3-7(2)14(17)15-6-11(16)20-12-8-4-9-10(5-8)22(18,19)21-13(9)12;1-3-7(2)14(16)19-6-11(15)20-12-8-4-9-10(5-8)22(17,18)21-13(9)12;1-3-7(2)14(16)21-6-11(15)19-12-8-4-9-10(5-8)22(17,18)20-13(9)12;1-3-8(2)14(15)19-5-4-18-12-9-6-10-11(7-9)21(16,17)20-13(10)12;1-3-6(2)12(13)16-10-7-4-8-9(5-7)18(14,15)17-11(8)10/h8-13H,3-7H2,1-2H3,(H,16,18);7-10,12-13H,3-6H2,1-2H3,(H,15,17);2*7-10,12-13H,3-6H2,1-2H3;8-13H,3-7H2,1-2H3;6-11H,3-5H2,1-2H3. The molecule has 12 aliphatic carbocycles. The third-order valence-electron chi connectivity index (χ3n) is 30.2. The number of nitrogens with one attached hydrogen (secondary N) is 2. The van der Waals surface area contributed by atoms with Crippen LogP contribution in [0.1, 0.15) is 199 Å². The Balaban J connectivity index is 0.000000132. The van der Waals surface area contributed by atoms with E-state index in [1.807, 2.05) is 62.3 Å². The average molecular weight is 1970 g/mol. The molecule has 0 aromatic rings. The zero-order chi connectivity index (χ0) is 94.0. The van der Waals surface area contributed by atoms with E-state index in [0.717, 1.165) is 63.1 Å². The summed E-state index contributed by atoms with van der Waals surface area (Å²) < 4.78 is 220. The molecule has 0 spiro atoms. The SMILES string of the molecule is CCC(C)C(=O)NCC(=O)OC1C2CC3C1OS(=O)(=O)C3C2.CCC(C)C(=O)OC1C2CC3C1OS(=O)(=O)C3C2.CCC(C)C(=O)OCC(=O)OC1C2CC3C1OS(=O)(=O)C3C2.CCC(C)C(=O)OCCNC(=O)OC1C2CC3C1OS(=O)(=O)C3C2.CCC(C)C(=O)OCCOC1C2CC3C1OS(=O)(=O)C3C2.CCC(C)C(=O)SCC(=O)OC1C2CC3C1OS(=O)(=O)C3C2. The monoisotopic (exact) mass is 1960 g/mol. The molecule has 730 valence electrons. The second-order valence-corrected chi connectivity index (χ2v) is 49.6. The van der Waals surface area contributed by atoms with Crippen molar-refractivity contribution in [3.63, 3.8) is 0 Å². The summed E-state index contributed by atoms with van der Waals surface area (Å²) in [6, 6.07) is 0. The maximum Gasteiger partial charge on any atom is 0.407 e. The van der Waals surface area contributed by atoms with Gasteiger partial charge in [-0.3, -0.25) is 63.5 Å². The molecular formula is C83H124N2O37S7. The van der Waals surface area contributed by atoms with Crippen molar-refractivity contribution >= 4 is 131 Å². The number of alkyl carbamates (subject to hydrolysis) is 1. The molecule has 0 radical (unpaired) electrons. The molecule has 6 saturated heterocycles. The number of esters is 7. The zero-order valence-electron chi connectivity index (χ0n) is 74.4. The topological polar surface area (TPSA) is 538 Å². The minimum absolute atomic E-state index is 0.0199. The molecule has 6 heterocycles. The molecular weight excluding hydrogens is 1840 g/mol. The fraction of sp³-hybridized carbons (Fsp3) is 0.880. The van der Waals surface area contributed by atoms with Gasteiger partial charge in [-0.25, -0.2) is 9.59 Å². The van der Waals surface area contributed by atoms with Gasteiger partial charge >= 0.3 is 47.9 Å². The Kier molecular flexibility index (Phi) is 31.6. The fourth-order valence-corrected chi connectivity index (χ4v) is 34.2. The van der Waals surface area contributed by atoms with Gasteiger partial charge in [-0.1, -0.05) is 94.8 Å². The summed E-state index contributed by atoms with van der Waals surface area (Å²) in [6.45, 7) is 22.3. The van der Waals surface area contributed by atoms with E-state index in [9.17, 15) is 98.5 Å². The van der Waals surface area contributed by atoms with Crippen LogP contribution >= 0.6 is 11.8 Å². The maximum atomic E-state index is 11.9. The maximum absolute atomic E-state index is 11.9. The molecule has 12 saturated carbocycles. The Morgan fingerprint density at radius 2 is 0.612 bits per heavy atom. The van der Waals surface area contributed by atoms with Gasteiger partial charge in [0.05, 0.1) is 80.2 Å². The van der Waals surface area contributed by atoms with Gasteiger partial charge in [0.1, 0.15) is 86.9 Å². The number of thioether (sulfide) groups is 1. The lowest BCUT2D eigenvalue weighted by atomic mass is 9.94. The van der Waals surface area contributed by atoms with Gasteiger partial charge in [0.2, 0.25) is 5.91 Å². The van der Waals surface area contributed by atoms with Crippen molar-refractivity contribution in [2.24, 2.45) is 107 Å². The summed E-state index contributed by atoms with van der Waals surface area (Å²) in [5.74, 6) is -3.48. The summed E-state index contributed by atoms with van der Waals surface area (Å²) in [5.41, 5.74) is 0. The molecule has 46 heteroatoms. The first kappa shape index (κ1) is 101. The van der Waals surface area contributed by atoms with Gasteiger partial charge in [-0.15, -0.1) is 0 Å². The van der Waals surface area contributed by atoms with Crippen LogP contribution in [0.2, 0.25) is 0 Å². The van der Waals surface area contributed by atoms with Gasteiger partial charge in [-0.2, -0.15) is 50.5 Å². The Morgan fingerprint density at radius 1 is 0.318 bits per heavy atom. The fourth-order valence-electron chi connectivity index (χ4n) is 22.1. The summed E-state index contributed by atoms with van der Waals surface area (Å²) in [4.78, 5) is 117. The number of hydrogen-bond acceptors (Lipinski definition) is 38. The molecule has 2 amide bonds. The summed E-state index contributed by atoms with van der Waals surface area (Å²) >= 11 is 0.967. The first-order chi connectivity index (χ1) is 60.7. The van der Waals surface area contributed by atoms with Crippen molar-refractivity contribution in [3.8, 4) is 0 Å². The predicted molar refractivity (Wildman–Crippen MR) is 450 cm³/mol. The highest BCUT2D eigenvalue weighted by molar-refractivity contribution is 8.14. The molecule has 18 fully saturated rings. The van der Waals surface area contributed by atoms with Crippen molar-refractivity contribution < 1.29 is 166 Å². The van der Waals surface area contributed by atoms with Crippen LogP contribution in [0.3, 0.4) is 0 Å². The molecule has 129 heavy (non-hydrogen) atoms. The first-order valence-corrected chi connectivity index (χ1v) is 55.3. The number of hydrogen-bond donors (Lipinski definition) is 2. The lowest BCUT2D eigenvalue weighted by molar-refractivity contribution is -0.168. The minimum atomic E-state index is -3.52. The van der Waals surface area contributed by atoms with Gasteiger partial charge in [-0.05, 0) is 121 Å². The molecule has 12 bridgehead atoms. The van der Waals surface area contributed by atoms with E-state index in [1.165, 1.54) is 0 Å². The van der Waals surface area contributed by atoms with E-state index in [2.05, 4.69) is 10.6 Å². The highest BCUT2D eigenvalue weighted by atomic mass is 32.2. The summed E-state index contributed by atoms with van der Waals surface area (Å²) in [7, 11) is -20.8. The Bertz CT molecular complexity index is 4670. The smallest absolute Gasteiger partial charge is 0.407 e. The summed E-state index contributed by atoms with van der Waals surface area (Å²) in [6.07, 6.45) is 5.88. The van der Waals surface area contributed by atoms with E-state index < -0.39 is 173 Å².